The van der Waals surface area contributed by atoms with Gasteiger partial charge in [-0.1, -0.05) is 12.7 Å². The van der Waals surface area contributed by atoms with Crippen molar-refractivity contribution >= 4 is 22.9 Å². The van der Waals surface area contributed by atoms with Crippen LogP contribution in [-0.2, 0) is 4.74 Å². The molecule has 1 aromatic heterocycles. The average Bonchev–Trinajstić information content (AvgIpc) is 2.37. The van der Waals surface area contributed by atoms with Gasteiger partial charge in [0.2, 0.25) is 0 Å². The number of aromatic nitrogens is 1. The smallest absolute Gasteiger partial charge is 0.339 e. The molecule has 0 aliphatic heterocycles. The molecule has 2 aromatic rings. The summed E-state index contributed by atoms with van der Waals surface area (Å²) in [5.74, 6) is -0.847. The molecular weight excluding hydrogens is 233 g/mol. The molecule has 0 saturated heterocycles. The number of rotatable bonds is 3. The van der Waals surface area contributed by atoms with Gasteiger partial charge in [0.1, 0.15) is 5.82 Å². The van der Waals surface area contributed by atoms with Gasteiger partial charge in [0.15, 0.2) is 0 Å². The number of nitrogens with zero attached hydrogens (tertiary/aromatic N) is 1. The number of benzene rings is 1. The van der Waals surface area contributed by atoms with Crippen LogP contribution in [0.5, 0.6) is 0 Å². The zero-order valence-corrected chi connectivity index (χ0v) is 9.94. The fourth-order valence-electron chi connectivity index (χ4n) is 1.65. The van der Waals surface area contributed by atoms with Gasteiger partial charge >= 0.3 is 5.97 Å². The second-order valence-corrected chi connectivity index (χ2v) is 3.72. The number of carbonyl (C=O) groups is 1. The van der Waals surface area contributed by atoms with Crippen molar-refractivity contribution in [1.29, 1.82) is 0 Å². The summed E-state index contributed by atoms with van der Waals surface area (Å²) in [7, 11) is 0. The van der Waals surface area contributed by atoms with Crippen molar-refractivity contribution < 1.29 is 13.9 Å². The minimum atomic E-state index is -0.458. The molecule has 1 heterocycles. The Labute approximate surface area is 104 Å². The van der Waals surface area contributed by atoms with Crippen molar-refractivity contribution in [2.75, 3.05) is 6.61 Å². The monoisotopic (exact) mass is 245 g/mol. The predicted octanol–water partition coefficient (Wildman–Crippen LogP) is 3.19. The third-order valence-corrected chi connectivity index (χ3v) is 2.53. The molecule has 1 aromatic carbocycles. The van der Waals surface area contributed by atoms with Crippen LogP contribution in [-0.4, -0.2) is 17.6 Å². The third-order valence-electron chi connectivity index (χ3n) is 2.53. The number of halogens is 1. The minimum Gasteiger partial charge on any atom is -0.462 e. The quantitative estimate of drug-likeness (QED) is 0.779. The van der Waals surface area contributed by atoms with Crippen LogP contribution in [0, 0.1) is 5.82 Å². The molecule has 0 aliphatic carbocycles. The highest BCUT2D eigenvalue weighted by Gasteiger charge is 2.09. The fourth-order valence-corrected chi connectivity index (χ4v) is 1.65. The molecule has 3 nitrogen and oxygen atoms in total. The molecule has 0 radical (unpaired) electrons. The summed E-state index contributed by atoms with van der Waals surface area (Å²) in [6.07, 6.45) is 2.85. The highest BCUT2D eigenvalue weighted by Crippen LogP contribution is 2.19. The van der Waals surface area contributed by atoms with E-state index in [1.165, 1.54) is 18.3 Å². The number of carbonyl (C=O) groups excluding carboxylic acids is 1. The molecule has 92 valence electrons. The van der Waals surface area contributed by atoms with Crippen molar-refractivity contribution in [3.05, 3.63) is 47.9 Å². The van der Waals surface area contributed by atoms with Crippen molar-refractivity contribution in [1.82, 2.24) is 4.98 Å². The van der Waals surface area contributed by atoms with Crippen LogP contribution < -0.4 is 0 Å². The Balaban J connectivity index is 2.52. The lowest BCUT2D eigenvalue weighted by atomic mass is 10.1. The van der Waals surface area contributed by atoms with Crippen LogP contribution in [0.15, 0.2) is 31.0 Å². The SMILES string of the molecule is C=Cc1cc2ncc(C(=O)OCC)cc2cc1F. The maximum Gasteiger partial charge on any atom is 0.339 e. The molecule has 2 rings (SSSR count). The van der Waals surface area contributed by atoms with Crippen molar-refractivity contribution in [3.63, 3.8) is 0 Å². The summed E-state index contributed by atoms with van der Waals surface area (Å²) >= 11 is 0. The summed E-state index contributed by atoms with van der Waals surface area (Å²) in [6.45, 7) is 5.54. The molecule has 0 unspecified atom stereocenters. The zero-order chi connectivity index (χ0) is 13.1. The molecule has 0 amide bonds. The van der Waals surface area contributed by atoms with E-state index < -0.39 is 5.97 Å². The van der Waals surface area contributed by atoms with Gasteiger partial charge in [0.05, 0.1) is 17.7 Å². The Bertz CT molecular complexity index is 622. The number of ether oxygens (including phenoxy) is 1. The molecule has 4 heteroatoms. The van der Waals surface area contributed by atoms with E-state index in [1.54, 1.807) is 19.1 Å². The number of pyridine rings is 1. The molecule has 0 fully saturated rings. The first-order valence-electron chi connectivity index (χ1n) is 5.54. The van der Waals surface area contributed by atoms with E-state index in [9.17, 15) is 9.18 Å². The Morgan fingerprint density at radius 2 is 2.28 bits per heavy atom. The van der Waals surface area contributed by atoms with Crippen molar-refractivity contribution in [2.45, 2.75) is 6.92 Å². The van der Waals surface area contributed by atoms with Crippen LogP contribution >= 0.6 is 0 Å². The van der Waals surface area contributed by atoms with Gasteiger partial charge in [-0.3, -0.25) is 4.98 Å². The summed E-state index contributed by atoms with van der Waals surface area (Å²) in [5.41, 5.74) is 1.31. The first kappa shape index (κ1) is 12.2. The van der Waals surface area contributed by atoms with Crippen LogP contribution in [0.25, 0.3) is 17.0 Å². The highest BCUT2D eigenvalue weighted by molar-refractivity contribution is 5.94. The summed E-state index contributed by atoms with van der Waals surface area (Å²) in [4.78, 5) is 15.6. The summed E-state index contributed by atoms with van der Waals surface area (Å²) in [6, 6.07) is 4.49. The first-order chi connectivity index (χ1) is 8.65. The maximum absolute atomic E-state index is 13.6. The van der Waals surface area contributed by atoms with Gasteiger partial charge < -0.3 is 4.74 Å². The van der Waals surface area contributed by atoms with Gasteiger partial charge in [0, 0.05) is 17.1 Å². The fraction of sp³-hybridized carbons (Fsp3) is 0.143. The number of hydrogen-bond donors (Lipinski definition) is 0. The summed E-state index contributed by atoms with van der Waals surface area (Å²) in [5, 5.41) is 0.559. The zero-order valence-electron chi connectivity index (χ0n) is 9.94. The molecule has 0 atom stereocenters. The molecule has 0 aliphatic rings. The second-order valence-electron chi connectivity index (χ2n) is 3.72. The van der Waals surface area contributed by atoms with E-state index in [1.807, 2.05) is 0 Å². The van der Waals surface area contributed by atoms with Crippen LogP contribution in [0.2, 0.25) is 0 Å². The Morgan fingerprint density at radius 3 is 2.94 bits per heavy atom. The molecule has 0 spiro atoms. The van der Waals surface area contributed by atoms with E-state index in [2.05, 4.69) is 11.6 Å². The minimum absolute atomic E-state index is 0.292. The Kier molecular flexibility index (Phi) is 3.37. The van der Waals surface area contributed by atoms with Gasteiger partial charge in [-0.05, 0) is 25.1 Å². The molecule has 0 saturated carbocycles. The van der Waals surface area contributed by atoms with E-state index in [-0.39, 0.29) is 5.82 Å². The first-order valence-corrected chi connectivity index (χ1v) is 5.54. The lowest BCUT2D eigenvalue weighted by molar-refractivity contribution is 0.0526. The maximum atomic E-state index is 13.6. The largest absolute Gasteiger partial charge is 0.462 e. The molecule has 0 N–H and O–H groups in total. The Hall–Kier alpha value is -2.23. The predicted molar refractivity (Wildman–Crippen MR) is 67.7 cm³/mol. The number of esters is 1. The molecule has 18 heavy (non-hydrogen) atoms. The lowest BCUT2D eigenvalue weighted by Crippen LogP contribution is -2.05. The topological polar surface area (TPSA) is 39.2 Å². The van der Waals surface area contributed by atoms with Crippen molar-refractivity contribution in [2.24, 2.45) is 0 Å². The Morgan fingerprint density at radius 1 is 1.50 bits per heavy atom. The molecule has 0 bridgehead atoms. The third kappa shape index (κ3) is 2.22. The van der Waals surface area contributed by atoms with Gasteiger partial charge in [-0.25, -0.2) is 9.18 Å². The molecular formula is C14H12FNO2. The van der Waals surface area contributed by atoms with E-state index in [0.29, 0.717) is 28.6 Å². The summed E-state index contributed by atoms with van der Waals surface area (Å²) < 4.78 is 18.4. The van der Waals surface area contributed by atoms with Crippen LogP contribution in [0.1, 0.15) is 22.8 Å². The van der Waals surface area contributed by atoms with Crippen LogP contribution in [0.3, 0.4) is 0 Å². The van der Waals surface area contributed by atoms with Crippen LogP contribution in [0.4, 0.5) is 4.39 Å². The van der Waals surface area contributed by atoms with E-state index in [4.69, 9.17) is 4.74 Å². The van der Waals surface area contributed by atoms with E-state index in [0.717, 1.165) is 0 Å². The van der Waals surface area contributed by atoms with Gasteiger partial charge in [-0.15, -0.1) is 0 Å². The lowest BCUT2D eigenvalue weighted by Gasteiger charge is -2.04. The highest BCUT2D eigenvalue weighted by atomic mass is 19.1. The second kappa shape index (κ2) is 4.96. The van der Waals surface area contributed by atoms with E-state index >= 15 is 0 Å². The van der Waals surface area contributed by atoms with Gasteiger partial charge in [0.25, 0.3) is 0 Å². The number of fused-ring (bicyclic) bond motifs is 1. The van der Waals surface area contributed by atoms with Crippen molar-refractivity contribution in [3.8, 4) is 0 Å². The standard InChI is InChI=1S/C14H12FNO2/c1-3-9-7-13-10(6-12(9)15)5-11(8-16-13)14(17)18-4-2/h3,5-8H,1,4H2,2H3. The normalized spacial score (nSPS) is 10.3. The van der Waals surface area contributed by atoms with Gasteiger partial charge in [-0.2, -0.15) is 0 Å². The average molecular weight is 245 g/mol. The number of hydrogen-bond acceptors (Lipinski definition) is 3.